The highest BCUT2D eigenvalue weighted by molar-refractivity contribution is 7.85. The van der Waals surface area contributed by atoms with Crippen LogP contribution in [0.4, 0.5) is 5.69 Å². The van der Waals surface area contributed by atoms with Crippen LogP contribution in [0.5, 0.6) is 0 Å². The van der Waals surface area contributed by atoms with Gasteiger partial charge in [0.05, 0.1) is 10.6 Å². The summed E-state index contributed by atoms with van der Waals surface area (Å²) in [6.45, 7) is 3.79. The molecular weight excluding hydrogens is 286 g/mol. The van der Waals surface area contributed by atoms with Crippen LogP contribution in [0.25, 0.3) is 0 Å². The van der Waals surface area contributed by atoms with Gasteiger partial charge in [0.25, 0.3) is 10.1 Å². The summed E-state index contributed by atoms with van der Waals surface area (Å²) in [4.78, 5) is -0.157. The summed E-state index contributed by atoms with van der Waals surface area (Å²) in [5.74, 6) is 0. The Hall–Kier alpha value is -1.64. The second-order valence-electron chi connectivity index (χ2n) is 4.10. The highest BCUT2D eigenvalue weighted by atomic mass is 32.2. The number of thiocarbonyl (C=S) groups is 1. The lowest BCUT2D eigenvalue weighted by atomic mass is 10.3. The van der Waals surface area contributed by atoms with Gasteiger partial charge < -0.3 is 5.32 Å². The third kappa shape index (κ3) is 2.86. The number of hydrogen-bond acceptors (Lipinski definition) is 4. The summed E-state index contributed by atoms with van der Waals surface area (Å²) in [5, 5.41) is 5.11. The Morgan fingerprint density at radius 3 is 2.26 bits per heavy atom. The average molecular weight is 299 g/mol. The summed E-state index contributed by atoms with van der Waals surface area (Å²) in [6.07, 6.45) is 0. The predicted molar refractivity (Wildman–Crippen MR) is 76.0 cm³/mol. The molecule has 0 radical (unpaired) electrons. The van der Waals surface area contributed by atoms with Gasteiger partial charge in [-0.3, -0.25) is 9.98 Å². The Morgan fingerprint density at radius 1 is 1.16 bits per heavy atom. The summed E-state index contributed by atoms with van der Waals surface area (Å²) in [7, 11) is -4.18. The van der Waals surface area contributed by atoms with E-state index in [1.807, 2.05) is 13.8 Å². The van der Waals surface area contributed by atoms with Crippen molar-refractivity contribution in [1.29, 1.82) is 0 Å². The van der Waals surface area contributed by atoms with Gasteiger partial charge >= 0.3 is 0 Å². The Kier molecular flexibility index (Phi) is 3.48. The van der Waals surface area contributed by atoms with Crippen LogP contribution < -0.4 is 15.8 Å². The minimum Gasteiger partial charge on any atom is -0.333 e. The van der Waals surface area contributed by atoms with Crippen LogP contribution in [0.15, 0.2) is 40.6 Å². The Balaban J connectivity index is 2.31. The number of benzene rings is 1. The zero-order chi connectivity index (χ0) is 14.2. The third-order valence-electron chi connectivity index (χ3n) is 2.73. The first-order valence-electron chi connectivity index (χ1n) is 5.42. The third-order valence-corrected chi connectivity index (χ3v) is 3.88. The van der Waals surface area contributed by atoms with Crippen LogP contribution in [0.3, 0.4) is 0 Å². The SMILES string of the molecule is CC1=C(C)NN(c2ccc(S(=O)(=O)O)cc2)C(=S)N1. The molecule has 0 bridgehead atoms. The molecule has 0 amide bonds. The molecule has 3 N–H and O–H groups in total. The van der Waals surface area contributed by atoms with Gasteiger partial charge in [-0.1, -0.05) is 0 Å². The highest BCUT2D eigenvalue weighted by Crippen LogP contribution is 2.19. The summed E-state index contributed by atoms with van der Waals surface area (Å²) in [6, 6.07) is 5.74. The van der Waals surface area contributed by atoms with E-state index in [4.69, 9.17) is 16.8 Å². The van der Waals surface area contributed by atoms with E-state index in [0.29, 0.717) is 10.8 Å². The first-order chi connectivity index (χ1) is 8.79. The molecule has 0 saturated heterocycles. The maximum Gasteiger partial charge on any atom is 0.294 e. The zero-order valence-electron chi connectivity index (χ0n) is 10.3. The molecule has 0 saturated carbocycles. The lowest BCUT2D eigenvalue weighted by Gasteiger charge is -2.33. The fourth-order valence-corrected chi connectivity index (χ4v) is 2.35. The number of rotatable bonds is 2. The molecule has 102 valence electrons. The van der Waals surface area contributed by atoms with E-state index in [1.54, 1.807) is 17.1 Å². The van der Waals surface area contributed by atoms with Crippen LogP contribution in [0.2, 0.25) is 0 Å². The van der Waals surface area contributed by atoms with Gasteiger partial charge in [0.15, 0.2) is 5.11 Å². The van der Waals surface area contributed by atoms with Crippen LogP contribution in [0.1, 0.15) is 13.8 Å². The molecular formula is C11H13N3O3S2. The Morgan fingerprint density at radius 2 is 1.74 bits per heavy atom. The van der Waals surface area contributed by atoms with Gasteiger partial charge in [0, 0.05) is 11.4 Å². The van der Waals surface area contributed by atoms with Gasteiger partial charge in [0.1, 0.15) is 0 Å². The molecule has 1 aliphatic heterocycles. The maximum absolute atomic E-state index is 11.0. The van der Waals surface area contributed by atoms with Crippen molar-refractivity contribution in [2.45, 2.75) is 18.7 Å². The van der Waals surface area contributed by atoms with Gasteiger partial charge in [0.2, 0.25) is 0 Å². The van der Waals surface area contributed by atoms with Crippen molar-refractivity contribution < 1.29 is 13.0 Å². The van der Waals surface area contributed by atoms with Gasteiger partial charge in [-0.15, -0.1) is 0 Å². The molecule has 1 heterocycles. The minimum atomic E-state index is -4.18. The number of hydrazine groups is 1. The van der Waals surface area contributed by atoms with E-state index in [9.17, 15) is 8.42 Å². The number of allylic oxidation sites excluding steroid dienone is 2. The van der Waals surface area contributed by atoms with Crippen LogP contribution in [-0.2, 0) is 10.1 Å². The van der Waals surface area contributed by atoms with Crippen molar-refractivity contribution in [2.75, 3.05) is 5.01 Å². The minimum absolute atomic E-state index is 0.157. The van der Waals surface area contributed by atoms with Gasteiger partial charge in [-0.25, -0.2) is 5.01 Å². The van der Waals surface area contributed by atoms with Crippen molar-refractivity contribution in [3.63, 3.8) is 0 Å². The second kappa shape index (κ2) is 4.80. The Labute approximate surface area is 116 Å². The van der Waals surface area contributed by atoms with Crippen molar-refractivity contribution in [3.05, 3.63) is 35.7 Å². The van der Waals surface area contributed by atoms with E-state index in [2.05, 4.69) is 10.7 Å². The molecule has 0 spiro atoms. The summed E-state index contributed by atoms with van der Waals surface area (Å²) < 4.78 is 30.8. The molecule has 19 heavy (non-hydrogen) atoms. The molecule has 2 rings (SSSR count). The average Bonchev–Trinajstić information content (AvgIpc) is 2.33. The van der Waals surface area contributed by atoms with Crippen LogP contribution in [-0.4, -0.2) is 18.1 Å². The topological polar surface area (TPSA) is 81.7 Å². The number of nitrogens with one attached hydrogen (secondary N) is 2. The molecule has 0 aliphatic carbocycles. The normalized spacial score (nSPS) is 16.2. The highest BCUT2D eigenvalue weighted by Gasteiger charge is 2.19. The van der Waals surface area contributed by atoms with Crippen LogP contribution in [0, 0.1) is 0 Å². The van der Waals surface area contributed by atoms with E-state index in [-0.39, 0.29) is 4.90 Å². The number of hydrogen-bond donors (Lipinski definition) is 3. The van der Waals surface area contributed by atoms with Gasteiger partial charge in [-0.2, -0.15) is 8.42 Å². The molecule has 1 aliphatic rings. The number of nitrogens with zero attached hydrogens (tertiary/aromatic N) is 1. The zero-order valence-corrected chi connectivity index (χ0v) is 12.0. The van der Waals surface area contributed by atoms with Crippen molar-refractivity contribution in [2.24, 2.45) is 0 Å². The van der Waals surface area contributed by atoms with E-state index < -0.39 is 10.1 Å². The predicted octanol–water partition coefficient (Wildman–Crippen LogP) is 1.38. The molecule has 1 aromatic rings. The fourth-order valence-electron chi connectivity index (χ4n) is 1.56. The number of anilines is 1. The quantitative estimate of drug-likeness (QED) is 0.562. The first kappa shape index (κ1) is 13.8. The molecule has 8 heteroatoms. The van der Waals surface area contributed by atoms with Gasteiger partial charge in [-0.05, 0) is 50.3 Å². The molecule has 1 aromatic carbocycles. The lowest BCUT2D eigenvalue weighted by Crippen LogP contribution is -2.52. The van der Waals surface area contributed by atoms with Crippen molar-refractivity contribution in [3.8, 4) is 0 Å². The molecule has 6 nitrogen and oxygen atoms in total. The van der Waals surface area contributed by atoms with E-state index in [1.165, 1.54) is 12.1 Å². The molecule has 0 aromatic heterocycles. The maximum atomic E-state index is 11.0. The van der Waals surface area contributed by atoms with E-state index in [0.717, 1.165) is 11.4 Å². The lowest BCUT2D eigenvalue weighted by molar-refractivity contribution is 0.483. The smallest absolute Gasteiger partial charge is 0.294 e. The van der Waals surface area contributed by atoms with E-state index >= 15 is 0 Å². The van der Waals surface area contributed by atoms with Crippen molar-refractivity contribution >= 4 is 33.1 Å². The standard InChI is InChI=1S/C11H13N3O3S2/c1-7-8(2)13-14(11(18)12-7)9-3-5-10(6-4-9)19(15,16)17/h3-6,13H,1-2H3,(H,12,18)(H,15,16,17). The summed E-state index contributed by atoms with van der Waals surface area (Å²) in [5.41, 5.74) is 5.59. The van der Waals surface area contributed by atoms with Crippen molar-refractivity contribution in [1.82, 2.24) is 10.7 Å². The van der Waals surface area contributed by atoms with Crippen LogP contribution >= 0.6 is 12.2 Å². The molecule has 0 fully saturated rings. The molecule has 0 unspecified atom stereocenters. The second-order valence-corrected chi connectivity index (χ2v) is 5.90. The Bertz CT molecular complexity index is 650. The monoisotopic (exact) mass is 299 g/mol. The first-order valence-corrected chi connectivity index (χ1v) is 7.26. The largest absolute Gasteiger partial charge is 0.333 e. The fraction of sp³-hybridized carbons (Fsp3) is 0.182. The molecule has 0 atom stereocenters. The summed E-state index contributed by atoms with van der Waals surface area (Å²) >= 11 is 5.20.